The lowest BCUT2D eigenvalue weighted by Crippen LogP contribution is -2.65. The largest absolute Gasteiger partial charge is 0.481 e. The molecule has 9 heteroatoms. The quantitative estimate of drug-likeness (QED) is 0.245. The second-order valence-corrected chi connectivity index (χ2v) is 19.2. The molecule has 0 spiro atoms. The molecule has 3 unspecified atom stereocenters. The van der Waals surface area contributed by atoms with Gasteiger partial charge in [-0.15, -0.1) is 0 Å². The van der Waals surface area contributed by atoms with Crippen molar-refractivity contribution in [2.24, 2.45) is 50.7 Å². The summed E-state index contributed by atoms with van der Waals surface area (Å²) in [6.45, 7) is 20.6. The highest BCUT2D eigenvalue weighted by atomic mass is 16.4. The number of carboxylic acid groups (broad SMARTS) is 1. The summed E-state index contributed by atoms with van der Waals surface area (Å²) in [6, 6.07) is 4.50. The first kappa shape index (κ1) is 35.5. The Morgan fingerprint density at radius 1 is 0.960 bits per heavy atom. The van der Waals surface area contributed by atoms with Crippen molar-refractivity contribution in [3.63, 3.8) is 0 Å². The topological polar surface area (TPSA) is 137 Å². The second kappa shape index (κ2) is 11.3. The molecule has 0 bridgehead atoms. The van der Waals surface area contributed by atoms with E-state index < -0.39 is 11.4 Å². The zero-order valence-corrected chi connectivity index (χ0v) is 31.0. The summed E-state index contributed by atoms with van der Waals surface area (Å²) in [5, 5.41) is 20.9. The van der Waals surface area contributed by atoms with Gasteiger partial charge in [-0.2, -0.15) is 5.10 Å². The Kier molecular flexibility index (Phi) is 8.02. The smallest absolute Gasteiger partial charge is 0.310 e. The first-order valence-corrected chi connectivity index (χ1v) is 19.0. The van der Waals surface area contributed by atoms with E-state index >= 15 is 0 Å². The van der Waals surface area contributed by atoms with Gasteiger partial charge in [0.1, 0.15) is 11.6 Å². The number of piperazine rings is 1. The maximum absolute atomic E-state index is 13.5. The van der Waals surface area contributed by atoms with Gasteiger partial charge < -0.3 is 15.7 Å². The fourth-order valence-electron chi connectivity index (χ4n) is 13.2. The average Bonchev–Trinajstić information content (AvgIpc) is 3.41. The first-order valence-electron chi connectivity index (χ1n) is 19.0. The van der Waals surface area contributed by atoms with Gasteiger partial charge in [-0.1, -0.05) is 61.5 Å². The molecule has 6 aliphatic rings. The number of carbonyl (C=O) groups is 1. The monoisotopic (exact) mass is 686 g/mol. The highest BCUT2D eigenvalue weighted by Gasteiger charge is 2.70. The number of hydrogen-bond acceptors (Lipinski definition) is 7. The Labute approximate surface area is 300 Å². The molecule has 274 valence electrons. The van der Waals surface area contributed by atoms with E-state index in [9.17, 15) is 9.90 Å². The number of carboxylic acids is 1. The molecule has 0 aromatic carbocycles. The molecule has 1 saturated heterocycles. The minimum atomic E-state index is -0.706. The minimum Gasteiger partial charge on any atom is -0.481 e. The number of aliphatic carboxylic acids is 1. The highest BCUT2D eigenvalue weighted by molar-refractivity contribution is 5.80. The van der Waals surface area contributed by atoms with E-state index in [1.165, 1.54) is 28.0 Å². The fourth-order valence-corrected chi connectivity index (χ4v) is 13.2. The van der Waals surface area contributed by atoms with E-state index in [1.807, 2.05) is 5.01 Å². The van der Waals surface area contributed by atoms with Crippen LogP contribution in [0.1, 0.15) is 124 Å². The maximum Gasteiger partial charge on any atom is 0.310 e. The van der Waals surface area contributed by atoms with Gasteiger partial charge in [0, 0.05) is 49.0 Å². The molecule has 0 amide bonds. The Morgan fingerprint density at radius 2 is 1.66 bits per heavy atom. The van der Waals surface area contributed by atoms with Crippen LogP contribution >= 0.6 is 0 Å². The molecule has 4 fully saturated rings. The number of hydrazine groups is 1. The van der Waals surface area contributed by atoms with Gasteiger partial charge in [0.15, 0.2) is 0 Å². The van der Waals surface area contributed by atoms with Crippen molar-refractivity contribution in [3.8, 4) is 0 Å². The van der Waals surface area contributed by atoms with Crippen molar-refractivity contribution in [2.45, 2.75) is 119 Å². The third kappa shape index (κ3) is 4.66. The van der Waals surface area contributed by atoms with E-state index in [2.05, 4.69) is 81.9 Å². The molecule has 5 aliphatic carbocycles. The van der Waals surface area contributed by atoms with E-state index in [4.69, 9.17) is 16.6 Å². The molecule has 2 aromatic heterocycles. The number of aromatic amines is 1. The molecule has 2 aromatic rings. The number of allylic oxidation sites excluding steroid dienone is 2. The Hall–Kier alpha value is -2.91. The summed E-state index contributed by atoms with van der Waals surface area (Å²) in [5.74, 6) is 8.02. The number of nitrogens with zero attached hydrogens (tertiary/aromatic N) is 4. The number of fused-ring (bicyclic) bond motifs is 8. The summed E-state index contributed by atoms with van der Waals surface area (Å²) in [5.41, 5.74) is 12.3. The van der Waals surface area contributed by atoms with Crippen molar-refractivity contribution in [2.75, 3.05) is 36.8 Å². The lowest BCUT2D eigenvalue weighted by molar-refractivity contribution is -0.175. The molecule has 50 heavy (non-hydrogen) atoms. The van der Waals surface area contributed by atoms with Gasteiger partial charge in [-0.05, 0) is 120 Å². The summed E-state index contributed by atoms with van der Waals surface area (Å²) in [4.78, 5) is 21.0. The first-order chi connectivity index (χ1) is 23.0. The van der Waals surface area contributed by atoms with Crippen LogP contribution < -0.4 is 16.5 Å². The molecule has 0 radical (unpaired) electrons. The van der Waals surface area contributed by atoms with Gasteiger partial charge >= 0.3 is 5.97 Å². The van der Waals surface area contributed by atoms with Crippen LogP contribution in [0.4, 0.5) is 11.6 Å². The Balaban J connectivity index is 0.00000392. The number of hydrogen-bond donors (Lipinski definition) is 4. The predicted octanol–water partition coefficient (Wildman–Crippen LogP) is 7.45. The van der Waals surface area contributed by atoms with Crippen LogP contribution in [0.3, 0.4) is 0 Å². The number of nitrogens with two attached hydrogens (primary N) is 2. The Bertz CT molecular complexity index is 1700. The lowest BCUT2D eigenvalue weighted by atomic mass is 9.33. The van der Waals surface area contributed by atoms with Gasteiger partial charge in [0.05, 0.1) is 5.41 Å². The minimum absolute atomic E-state index is 0. The number of nitrogens with one attached hydrogen (secondary N) is 1. The zero-order valence-electron chi connectivity index (χ0n) is 31.0. The molecular formula is C41H63N7O2. The van der Waals surface area contributed by atoms with E-state index in [0.717, 1.165) is 89.8 Å². The van der Waals surface area contributed by atoms with Gasteiger partial charge in [0.2, 0.25) is 0 Å². The van der Waals surface area contributed by atoms with E-state index in [0.29, 0.717) is 17.7 Å². The summed E-state index contributed by atoms with van der Waals surface area (Å²) in [7, 11) is 0. The van der Waals surface area contributed by atoms with Gasteiger partial charge in [-0.3, -0.25) is 15.7 Å². The van der Waals surface area contributed by atoms with E-state index in [1.54, 1.807) is 0 Å². The van der Waals surface area contributed by atoms with Crippen LogP contribution in [0, 0.1) is 44.8 Å². The van der Waals surface area contributed by atoms with Gasteiger partial charge in [0.25, 0.3) is 0 Å². The number of rotatable bonds is 3. The van der Waals surface area contributed by atoms with Crippen molar-refractivity contribution >= 4 is 23.2 Å². The van der Waals surface area contributed by atoms with E-state index in [-0.39, 0.29) is 40.4 Å². The number of pyridine rings is 1. The number of nitrogen functional groups attached to an aromatic ring is 1. The van der Waals surface area contributed by atoms with Crippen LogP contribution in [0.25, 0.3) is 5.57 Å². The van der Waals surface area contributed by atoms with Crippen molar-refractivity contribution in [1.82, 2.24) is 20.2 Å². The van der Waals surface area contributed by atoms with Crippen molar-refractivity contribution < 1.29 is 9.90 Å². The van der Waals surface area contributed by atoms with Crippen molar-refractivity contribution in [1.29, 1.82) is 0 Å². The average molecular weight is 686 g/mol. The summed E-state index contributed by atoms with van der Waals surface area (Å²) in [6.07, 6.45) is 10.6. The molecule has 8 rings (SSSR count). The predicted molar refractivity (Wildman–Crippen MR) is 201 cm³/mol. The second-order valence-electron chi connectivity index (χ2n) is 19.2. The third-order valence-electron chi connectivity index (χ3n) is 16.1. The molecule has 3 saturated carbocycles. The fraction of sp³-hybridized carbons (Fsp3) is 0.732. The molecule has 7 atom stereocenters. The number of aromatic nitrogens is 3. The molecular weight excluding hydrogens is 622 g/mol. The third-order valence-corrected chi connectivity index (χ3v) is 16.1. The lowest BCUT2D eigenvalue weighted by Gasteiger charge is -2.71. The molecule has 3 heterocycles. The highest BCUT2D eigenvalue weighted by Crippen LogP contribution is 2.77. The van der Waals surface area contributed by atoms with Crippen LogP contribution in [-0.4, -0.2) is 57.4 Å². The maximum atomic E-state index is 13.5. The molecule has 6 N–H and O–H groups in total. The Morgan fingerprint density at radius 3 is 2.32 bits per heavy atom. The van der Waals surface area contributed by atoms with Gasteiger partial charge in [-0.25, -0.2) is 9.99 Å². The van der Waals surface area contributed by atoms with Crippen LogP contribution in [-0.2, 0) is 16.6 Å². The van der Waals surface area contributed by atoms with Crippen LogP contribution in [0.2, 0.25) is 0 Å². The number of anilines is 2. The zero-order chi connectivity index (χ0) is 34.9. The van der Waals surface area contributed by atoms with Crippen molar-refractivity contribution in [3.05, 3.63) is 40.7 Å². The number of H-pyrrole nitrogens is 1. The normalized spacial score (nSPS) is 38.9. The molecule has 9 nitrogen and oxygen atoms in total. The standard InChI is InChI=1S/C40H59N7O2.CH4/c1-35(2)12-14-40(34(48)49)15-13-39(7)31(27(40)22-35)25(24-8-9-30(43-23-24)46-16-18-47(42)19-17-46)20-29-37(5)21-26-32(44-45-33(26)41)36(3,4)28(37)10-11-38(29,39)6;/h8-9,23,27-29H,10-22,42H2,1-7H3,(H,48,49)(H3,41,44,45);1H4/t27?,28?,29?,37-,38+,39+,40-;/m0./s1. The van der Waals surface area contributed by atoms with Crippen LogP contribution in [0.5, 0.6) is 0 Å². The van der Waals surface area contributed by atoms with Crippen LogP contribution in [0.15, 0.2) is 23.9 Å². The molecule has 1 aliphatic heterocycles. The summed E-state index contributed by atoms with van der Waals surface area (Å²) < 4.78 is 0. The summed E-state index contributed by atoms with van der Waals surface area (Å²) >= 11 is 0. The SMILES string of the molecule is C.CC1(C)CC[C@]2(C(=O)O)CC[C@]3(C)C(=C(c4ccc(N5CCN(N)CC5)nc4)CC4[C@@]5(C)Cc6c(N)n[nH]c6C(C)(C)C5CC[C@]43C)C2C1.